The van der Waals surface area contributed by atoms with Crippen LogP contribution in [0.3, 0.4) is 0 Å². The molecular weight excluding hydrogens is 430 g/mol. The number of nitrogens with zero attached hydrogens (tertiary/aromatic N) is 3. The van der Waals surface area contributed by atoms with Gasteiger partial charge in [0.25, 0.3) is 5.56 Å². The lowest BCUT2D eigenvalue weighted by molar-refractivity contribution is -0.136. The summed E-state index contributed by atoms with van der Waals surface area (Å²) in [5, 5.41) is 1.95. The minimum atomic E-state index is -0.523. The molecule has 1 aliphatic carbocycles. The quantitative estimate of drug-likeness (QED) is 0.570. The molecule has 0 saturated heterocycles. The minimum Gasteiger partial charge on any atom is -0.466 e. The summed E-state index contributed by atoms with van der Waals surface area (Å²) in [5.41, 5.74) is 4.34. The van der Waals surface area contributed by atoms with Gasteiger partial charge in [0.15, 0.2) is 4.80 Å². The Labute approximate surface area is 187 Å². The number of methoxy groups -OCH3 is 1. The molecule has 5 rings (SSSR count). The van der Waals surface area contributed by atoms with Crippen LogP contribution in [0.4, 0.5) is 0 Å². The highest BCUT2D eigenvalue weighted by molar-refractivity contribution is 7.10. The summed E-state index contributed by atoms with van der Waals surface area (Å²) in [6.07, 6.45) is 4.40. The molecule has 0 spiro atoms. The SMILES string of the molecule is COC(=O)C1=C(C)N=c2sc(=Cc3cc(C)n(C4CC4)c3C)c(=O)n2C1c1cccs1. The predicted octanol–water partition coefficient (Wildman–Crippen LogP) is 3.22. The number of thiophene rings is 1. The molecule has 1 unspecified atom stereocenters. The number of esters is 1. The average molecular weight is 454 g/mol. The zero-order valence-corrected chi connectivity index (χ0v) is 19.5. The van der Waals surface area contributed by atoms with E-state index < -0.39 is 12.0 Å². The van der Waals surface area contributed by atoms with E-state index in [0.717, 1.165) is 10.4 Å². The molecule has 0 bridgehead atoms. The minimum absolute atomic E-state index is 0.132. The Balaban J connectivity index is 1.71. The lowest BCUT2D eigenvalue weighted by Crippen LogP contribution is -2.39. The molecule has 2 aliphatic rings. The second-order valence-corrected chi connectivity index (χ2v) is 10.0. The normalized spacial score (nSPS) is 18.8. The van der Waals surface area contributed by atoms with E-state index in [1.54, 1.807) is 11.5 Å². The first-order chi connectivity index (χ1) is 14.9. The fraction of sp³-hybridized carbons (Fsp3) is 0.348. The van der Waals surface area contributed by atoms with E-state index >= 15 is 0 Å². The third-order valence-electron chi connectivity index (χ3n) is 5.96. The Morgan fingerprint density at radius 3 is 2.68 bits per heavy atom. The van der Waals surface area contributed by atoms with Crippen LogP contribution in [-0.2, 0) is 9.53 Å². The molecule has 1 saturated carbocycles. The molecule has 0 N–H and O–H groups in total. The number of rotatable bonds is 4. The lowest BCUT2D eigenvalue weighted by atomic mass is 10.0. The molecule has 31 heavy (non-hydrogen) atoms. The molecule has 3 aromatic rings. The van der Waals surface area contributed by atoms with Crippen molar-refractivity contribution in [2.45, 2.75) is 45.7 Å². The summed E-state index contributed by atoms with van der Waals surface area (Å²) in [7, 11) is 1.36. The smallest absolute Gasteiger partial charge is 0.338 e. The summed E-state index contributed by atoms with van der Waals surface area (Å²) in [6, 6.07) is 6.08. The van der Waals surface area contributed by atoms with Crippen LogP contribution < -0.4 is 14.9 Å². The topological polar surface area (TPSA) is 65.6 Å². The Morgan fingerprint density at radius 1 is 1.26 bits per heavy atom. The molecule has 1 fully saturated rings. The fourth-order valence-electron chi connectivity index (χ4n) is 4.39. The standard InChI is InChI=1S/C23H23N3O3S2/c1-12-10-15(14(3)25(12)16-7-8-16)11-18-21(27)26-20(17-6-5-9-30-17)19(22(28)29-4)13(2)24-23(26)31-18/h5-6,9-11,16,20H,7-8H2,1-4H3. The number of carbonyl (C=O) groups is 1. The predicted molar refractivity (Wildman–Crippen MR) is 122 cm³/mol. The van der Waals surface area contributed by atoms with Crippen molar-refractivity contribution in [1.82, 2.24) is 9.13 Å². The summed E-state index contributed by atoms with van der Waals surface area (Å²) in [5.74, 6) is -0.457. The van der Waals surface area contributed by atoms with E-state index in [1.165, 1.54) is 54.0 Å². The van der Waals surface area contributed by atoms with Crippen LogP contribution in [0.1, 0.15) is 53.7 Å². The van der Waals surface area contributed by atoms with Crippen molar-refractivity contribution < 1.29 is 9.53 Å². The van der Waals surface area contributed by atoms with Crippen molar-refractivity contribution in [2.75, 3.05) is 7.11 Å². The summed E-state index contributed by atoms with van der Waals surface area (Å²) >= 11 is 2.88. The average Bonchev–Trinajstić information content (AvgIpc) is 3.20. The maximum Gasteiger partial charge on any atom is 0.338 e. The number of hydrogen-bond acceptors (Lipinski definition) is 6. The number of ether oxygens (including phenoxy) is 1. The van der Waals surface area contributed by atoms with Gasteiger partial charge in [-0.15, -0.1) is 11.3 Å². The van der Waals surface area contributed by atoms with Gasteiger partial charge in [-0.1, -0.05) is 17.4 Å². The van der Waals surface area contributed by atoms with E-state index in [0.29, 0.717) is 26.6 Å². The van der Waals surface area contributed by atoms with Crippen LogP contribution >= 0.6 is 22.7 Å². The first-order valence-electron chi connectivity index (χ1n) is 10.2. The van der Waals surface area contributed by atoms with Crippen LogP contribution in [0, 0.1) is 13.8 Å². The Kier molecular flexibility index (Phi) is 4.86. The van der Waals surface area contributed by atoms with Crippen LogP contribution in [-0.4, -0.2) is 22.2 Å². The molecule has 4 heterocycles. The summed E-state index contributed by atoms with van der Waals surface area (Å²) < 4.78 is 9.66. The fourth-order valence-corrected chi connectivity index (χ4v) is 6.25. The van der Waals surface area contributed by atoms with Gasteiger partial charge in [0.1, 0.15) is 6.04 Å². The molecule has 1 aliphatic heterocycles. The highest BCUT2D eigenvalue weighted by atomic mass is 32.1. The van der Waals surface area contributed by atoms with Crippen LogP contribution in [0.25, 0.3) is 6.08 Å². The van der Waals surface area contributed by atoms with E-state index in [9.17, 15) is 9.59 Å². The largest absolute Gasteiger partial charge is 0.466 e. The zero-order chi connectivity index (χ0) is 21.9. The van der Waals surface area contributed by atoms with E-state index in [4.69, 9.17) is 4.74 Å². The maximum absolute atomic E-state index is 13.5. The van der Waals surface area contributed by atoms with Crippen molar-refractivity contribution in [1.29, 1.82) is 0 Å². The van der Waals surface area contributed by atoms with Gasteiger partial charge in [0, 0.05) is 22.3 Å². The summed E-state index contributed by atoms with van der Waals surface area (Å²) in [6.45, 7) is 6.03. The van der Waals surface area contributed by atoms with Gasteiger partial charge in [-0.2, -0.15) is 0 Å². The van der Waals surface area contributed by atoms with Gasteiger partial charge in [-0.05, 0) is 62.8 Å². The van der Waals surface area contributed by atoms with Crippen molar-refractivity contribution in [3.63, 3.8) is 0 Å². The van der Waals surface area contributed by atoms with E-state index in [-0.39, 0.29) is 5.56 Å². The number of aromatic nitrogens is 2. The van der Waals surface area contributed by atoms with Crippen molar-refractivity contribution in [2.24, 2.45) is 4.99 Å². The van der Waals surface area contributed by atoms with E-state index in [1.807, 2.05) is 23.6 Å². The second-order valence-electron chi connectivity index (χ2n) is 8.02. The molecule has 0 radical (unpaired) electrons. The maximum atomic E-state index is 13.5. The monoisotopic (exact) mass is 453 g/mol. The Morgan fingerprint density at radius 2 is 2.03 bits per heavy atom. The molecular formula is C23H23N3O3S2. The highest BCUT2D eigenvalue weighted by Gasteiger charge is 2.33. The number of thiazole rings is 1. The number of carbonyl (C=O) groups excluding carboxylic acids is 1. The van der Waals surface area contributed by atoms with Crippen molar-refractivity contribution in [3.05, 3.63) is 76.4 Å². The number of aryl methyl sites for hydroxylation is 1. The van der Waals surface area contributed by atoms with Gasteiger partial charge < -0.3 is 9.30 Å². The van der Waals surface area contributed by atoms with Gasteiger partial charge in [-0.3, -0.25) is 9.36 Å². The Bertz CT molecular complexity index is 1400. The zero-order valence-electron chi connectivity index (χ0n) is 17.8. The lowest BCUT2D eigenvalue weighted by Gasteiger charge is -2.22. The molecule has 3 aromatic heterocycles. The first-order valence-corrected chi connectivity index (χ1v) is 11.9. The van der Waals surface area contributed by atoms with Gasteiger partial charge in [0.2, 0.25) is 0 Å². The van der Waals surface area contributed by atoms with Gasteiger partial charge >= 0.3 is 5.97 Å². The molecule has 0 aromatic carbocycles. The third kappa shape index (κ3) is 3.25. The molecule has 1 atom stereocenters. The first kappa shape index (κ1) is 20.2. The molecule has 6 nitrogen and oxygen atoms in total. The van der Waals surface area contributed by atoms with Crippen molar-refractivity contribution in [3.8, 4) is 0 Å². The molecule has 160 valence electrons. The third-order valence-corrected chi connectivity index (χ3v) is 7.87. The highest BCUT2D eigenvalue weighted by Crippen LogP contribution is 2.38. The number of allylic oxidation sites excluding steroid dienone is 1. The van der Waals surface area contributed by atoms with Crippen LogP contribution in [0.5, 0.6) is 0 Å². The molecule has 0 amide bonds. The number of fused-ring (bicyclic) bond motifs is 1. The summed E-state index contributed by atoms with van der Waals surface area (Å²) in [4.78, 5) is 32.3. The second kappa shape index (κ2) is 7.46. The van der Waals surface area contributed by atoms with Gasteiger partial charge in [-0.25, -0.2) is 9.79 Å². The van der Waals surface area contributed by atoms with Crippen LogP contribution in [0.15, 0.2) is 44.6 Å². The van der Waals surface area contributed by atoms with Crippen molar-refractivity contribution >= 4 is 34.7 Å². The molecule has 8 heteroatoms. The number of hydrogen-bond donors (Lipinski definition) is 0. The Hall–Kier alpha value is -2.71. The van der Waals surface area contributed by atoms with Gasteiger partial charge in [0.05, 0.1) is 22.9 Å². The van der Waals surface area contributed by atoms with E-state index in [2.05, 4.69) is 29.5 Å². The van der Waals surface area contributed by atoms with Crippen LogP contribution in [0.2, 0.25) is 0 Å².